The smallest absolute Gasteiger partial charge is 0.0468 e. The summed E-state index contributed by atoms with van der Waals surface area (Å²) >= 11 is 0. The van der Waals surface area contributed by atoms with E-state index in [0.717, 1.165) is 73.4 Å². The van der Waals surface area contributed by atoms with Crippen molar-refractivity contribution in [3.8, 4) is 44.5 Å². The molecule has 81 heavy (non-hydrogen) atoms. The molecule has 0 amide bonds. The Labute approximate surface area is 473 Å². The van der Waals surface area contributed by atoms with Crippen LogP contribution in [0.15, 0.2) is 334 Å². The highest BCUT2D eigenvalue weighted by molar-refractivity contribution is 6.33. The molecule has 0 aliphatic rings. The minimum atomic E-state index is 1.08. The summed E-state index contributed by atoms with van der Waals surface area (Å²) in [6.45, 7) is 0. The van der Waals surface area contributed by atoms with E-state index < -0.39 is 0 Å². The van der Waals surface area contributed by atoms with Crippen molar-refractivity contribution in [2.45, 2.75) is 0 Å². The SMILES string of the molecule is c1ccc(-c2cc(-c3ccc(N(c4ccccc4)c4ccccc4)cc3)c3c4ccc(-c5ccc(N(c6ccccc6)c6ccccc6)cc5)cc4c4cc(N(c5ccccc5)c5ccccc5)ccc4c3c2-c2ccccc2)cc1. The lowest BCUT2D eigenvalue weighted by Crippen LogP contribution is -2.09. The number of para-hydroxylation sites is 6. The topological polar surface area (TPSA) is 9.72 Å². The van der Waals surface area contributed by atoms with Crippen LogP contribution in [0, 0.1) is 0 Å². The average Bonchev–Trinajstić information content (AvgIpc) is 3.73. The van der Waals surface area contributed by atoms with Gasteiger partial charge in [0.05, 0.1) is 0 Å². The van der Waals surface area contributed by atoms with Gasteiger partial charge in [0.2, 0.25) is 0 Å². The van der Waals surface area contributed by atoms with Gasteiger partial charge in [-0.1, -0.05) is 212 Å². The van der Waals surface area contributed by atoms with Crippen LogP contribution in [0.5, 0.6) is 0 Å². The molecule has 0 aliphatic heterocycles. The van der Waals surface area contributed by atoms with Crippen LogP contribution in [-0.2, 0) is 0 Å². The van der Waals surface area contributed by atoms with Crippen LogP contribution in [0.1, 0.15) is 0 Å². The Balaban J connectivity index is 1.05. The number of fused-ring (bicyclic) bond motifs is 6. The highest BCUT2D eigenvalue weighted by Gasteiger charge is 2.24. The second-order valence-corrected chi connectivity index (χ2v) is 20.4. The summed E-state index contributed by atoms with van der Waals surface area (Å²) in [7, 11) is 0. The number of hydrogen-bond donors (Lipinski definition) is 0. The lowest BCUT2D eigenvalue weighted by molar-refractivity contribution is 1.28. The van der Waals surface area contributed by atoms with Gasteiger partial charge in [0.15, 0.2) is 0 Å². The summed E-state index contributed by atoms with van der Waals surface area (Å²) < 4.78 is 0. The van der Waals surface area contributed by atoms with E-state index in [9.17, 15) is 0 Å². The minimum Gasteiger partial charge on any atom is -0.311 e. The zero-order valence-corrected chi connectivity index (χ0v) is 44.6. The van der Waals surface area contributed by atoms with E-state index in [1.54, 1.807) is 0 Å². The van der Waals surface area contributed by atoms with E-state index in [0.29, 0.717) is 0 Å². The van der Waals surface area contributed by atoms with Crippen LogP contribution in [0.2, 0.25) is 0 Å². The molecule has 0 aromatic heterocycles. The fourth-order valence-corrected chi connectivity index (χ4v) is 11.9. The normalized spacial score (nSPS) is 11.2. The zero-order chi connectivity index (χ0) is 53.9. The lowest BCUT2D eigenvalue weighted by atomic mass is 9.81. The minimum absolute atomic E-state index is 1.08. The Morgan fingerprint density at radius 2 is 0.457 bits per heavy atom. The predicted molar refractivity (Wildman–Crippen MR) is 345 cm³/mol. The average molecular weight is 1030 g/mol. The number of rotatable bonds is 13. The summed E-state index contributed by atoms with van der Waals surface area (Å²) in [6, 6.07) is 121. The summed E-state index contributed by atoms with van der Waals surface area (Å²) in [4.78, 5) is 7.03. The molecule has 14 aromatic carbocycles. The third kappa shape index (κ3) is 9.33. The van der Waals surface area contributed by atoms with Crippen molar-refractivity contribution in [1.29, 1.82) is 0 Å². The molecule has 0 aliphatic carbocycles. The highest BCUT2D eigenvalue weighted by atomic mass is 15.2. The molecular formula is C78H55N3. The zero-order valence-electron chi connectivity index (χ0n) is 44.6. The van der Waals surface area contributed by atoms with Gasteiger partial charge in [-0.15, -0.1) is 0 Å². The van der Waals surface area contributed by atoms with Crippen LogP contribution in [0.3, 0.4) is 0 Å². The Hall–Kier alpha value is -10.7. The number of anilines is 9. The maximum atomic E-state index is 2.46. The largest absolute Gasteiger partial charge is 0.311 e. The molecular weight excluding hydrogens is 979 g/mol. The van der Waals surface area contributed by atoms with Crippen LogP contribution >= 0.6 is 0 Å². The number of benzene rings is 14. The fourth-order valence-electron chi connectivity index (χ4n) is 11.9. The molecule has 0 radical (unpaired) electrons. The van der Waals surface area contributed by atoms with Crippen molar-refractivity contribution in [2.24, 2.45) is 0 Å². The van der Waals surface area contributed by atoms with Crippen molar-refractivity contribution < 1.29 is 0 Å². The third-order valence-corrected chi connectivity index (χ3v) is 15.6. The molecule has 0 saturated heterocycles. The quantitative estimate of drug-likeness (QED) is 0.107. The number of hydrogen-bond acceptors (Lipinski definition) is 3. The van der Waals surface area contributed by atoms with E-state index in [1.807, 2.05) is 0 Å². The number of nitrogens with zero attached hydrogens (tertiary/aromatic N) is 3. The van der Waals surface area contributed by atoms with Crippen LogP contribution in [0.25, 0.3) is 76.8 Å². The molecule has 3 heteroatoms. The van der Waals surface area contributed by atoms with Crippen molar-refractivity contribution >= 4 is 83.5 Å². The summed E-state index contributed by atoms with van der Waals surface area (Å²) in [5.74, 6) is 0. The van der Waals surface area contributed by atoms with Gasteiger partial charge in [-0.05, 0) is 198 Å². The van der Waals surface area contributed by atoms with Gasteiger partial charge in [0, 0.05) is 51.2 Å². The second-order valence-electron chi connectivity index (χ2n) is 20.4. The first-order chi connectivity index (χ1) is 40.2. The van der Waals surface area contributed by atoms with Gasteiger partial charge in [0.25, 0.3) is 0 Å². The summed E-state index contributed by atoms with van der Waals surface area (Å²) in [5, 5.41) is 7.16. The van der Waals surface area contributed by atoms with Gasteiger partial charge in [-0.2, -0.15) is 0 Å². The van der Waals surface area contributed by atoms with Crippen LogP contribution in [0.4, 0.5) is 51.2 Å². The molecule has 0 saturated carbocycles. The van der Waals surface area contributed by atoms with Gasteiger partial charge in [-0.25, -0.2) is 0 Å². The highest BCUT2D eigenvalue weighted by Crippen LogP contribution is 2.51. The Morgan fingerprint density at radius 3 is 0.889 bits per heavy atom. The van der Waals surface area contributed by atoms with E-state index in [1.165, 1.54) is 54.6 Å². The molecule has 3 nitrogen and oxygen atoms in total. The molecule has 14 rings (SSSR count). The molecule has 14 aromatic rings. The standard InChI is InChI=1S/C78H55N3/c1-9-25-57(26-10-1)72-55-73(58-43-48-68(49-44-58)80(63-33-17-5-18-34-63)64-35-19-6-20-36-64)77-70-51-45-60(56-41-46-67(47-42-56)79(61-29-13-3-14-30-61)62-31-15-4-16-32-62)53-74(70)75-54-69(50-52-71(75)78(77)76(72)59-27-11-2-12-28-59)81(65-37-21-7-22-38-65)66-39-23-8-24-40-66/h1-55H. The summed E-state index contributed by atoms with van der Waals surface area (Å²) in [5.41, 5.74) is 19.2. The molecule has 0 spiro atoms. The fraction of sp³-hybridized carbons (Fsp3) is 0. The molecule has 0 bridgehead atoms. The molecule has 382 valence electrons. The monoisotopic (exact) mass is 1030 g/mol. The third-order valence-electron chi connectivity index (χ3n) is 15.6. The first-order valence-corrected chi connectivity index (χ1v) is 27.7. The Morgan fingerprint density at radius 1 is 0.160 bits per heavy atom. The van der Waals surface area contributed by atoms with E-state index >= 15 is 0 Å². The van der Waals surface area contributed by atoms with Gasteiger partial charge < -0.3 is 14.7 Å². The first kappa shape index (κ1) is 48.6. The Kier molecular flexibility index (Phi) is 13.0. The van der Waals surface area contributed by atoms with Gasteiger partial charge >= 0.3 is 0 Å². The maximum Gasteiger partial charge on any atom is 0.0468 e. The lowest BCUT2D eigenvalue weighted by Gasteiger charge is -2.27. The van der Waals surface area contributed by atoms with Crippen molar-refractivity contribution in [3.05, 3.63) is 334 Å². The van der Waals surface area contributed by atoms with E-state index in [-0.39, 0.29) is 0 Å². The molecule has 0 fully saturated rings. The van der Waals surface area contributed by atoms with Crippen molar-refractivity contribution in [1.82, 2.24) is 0 Å². The van der Waals surface area contributed by atoms with Crippen LogP contribution < -0.4 is 14.7 Å². The second kappa shape index (κ2) is 21.6. The van der Waals surface area contributed by atoms with Gasteiger partial charge in [-0.3, -0.25) is 0 Å². The maximum absolute atomic E-state index is 2.46. The molecule has 0 N–H and O–H groups in total. The first-order valence-electron chi connectivity index (χ1n) is 27.7. The predicted octanol–water partition coefficient (Wildman–Crippen LogP) is 22.2. The van der Waals surface area contributed by atoms with Crippen molar-refractivity contribution in [2.75, 3.05) is 14.7 Å². The van der Waals surface area contributed by atoms with Gasteiger partial charge in [0.1, 0.15) is 0 Å². The molecule has 0 heterocycles. The molecule has 0 unspecified atom stereocenters. The van der Waals surface area contributed by atoms with E-state index in [2.05, 4.69) is 348 Å². The van der Waals surface area contributed by atoms with Crippen LogP contribution in [-0.4, -0.2) is 0 Å². The van der Waals surface area contributed by atoms with E-state index in [4.69, 9.17) is 0 Å². The summed E-state index contributed by atoms with van der Waals surface area (Å²) in [6.07, 6.45) is 0. The van der Waals surface area contributed by atoms with Crippen molar-refractivity contribution in [3.63, 3.8) is 0 Å². The molecule has 0 atom stereocenters. The Bertz CT molecular complexity index is 4330.